The van der Waals surface area contributed by atoms with E-state index in [0.29, 0.717) is 5.69 Å². The van der Waals surface area contributed by atoms with Crippen molar-refractivity contribution in [1.29, 1.82) is 0 Å². The zero-order chi connectivity index (χ0) is 13.5. The summed E-state index contributed by atoms with van der Waals surface area (Å²) in [6.45, 7) is 1.88. The molecule has 1 unspecified atom stereocenters. The Bertz CT molecular complexity index is 594. The van der Waals surface area contributed by atoms with Crippen LogP contribution < -0.4 is 4.90 Å². The minimum absolute atomic E-state index is 0.147. The minimum Gasteiger partial charge on any atom is -0.481 e. The topological polar surface area (TPSA) is 74.7 Å². The lowest BCUT2D eigenvalue weighted by Crippen LogP contribution is -2.43. The normalized spacial score (nSPS) is 21.4. The van der Waals surface area contributed by atoms with Gasteiger partial charge in [0.25, 0.3) is 0 Å². The van der Waals surface area contributed by atoms with E-state index in [2.05, 4.69) is 0 Å². The van der Waals surface area contributed by atoms with Gasteiger partial charge in [0.1, 0.15) is 0 Å². The quantitative estimate of drug-likeness (QED) is 0.869. The third kappa shape index (κ3) is 2.20. The predicted octanol–water partition coefficient (Wildman–Crippen LogP) is 1.06. The van der Waals surface area contributed by atoms with E-state index in [9.17, 15) is 13.2 Å². The highest BCUT2D eigenvalue weighted by Gasteiger charge is 2.34. The fraction of sp³-hybridized carbons (Fsp3) is 0.417. The number of hydrogen-bond acceptors (Lipinski definition) is 4. The van der Waals surface area contributed by atoms with E-state index in [-0.39, 0.29) is 17.1 Å². The molecule has 0 fully saturated rings. The van der Waals surface area contributed by atoms with Crippen molar-refractivity contribution in [3.63, 3.8) is 0 Å². The van der Waals surface area contributed by atoms with E-state index in [1.54, 1.807) is 30.1 Å². The van der Waals surface area contributed by atoms with Crippen LogP contribution in [-0.4, -0.2) is 38.3 Å². The number of nitrogens with zero attached hydrogens (tertiary/aromatic N) is 1. The summed E-state index contributed by atoms with van der Waals surface area (Å²) >= 11 is 0. The predicted molar refractivity (Wildman–Crippen MR) is 67.7 cm³/mol. The number of rotatable bonds is 2. The van der Waals surface area contributed by atoms with Crippen molar-refractivity contribution in [1.82, 2.24) is 0 Å². The molecule has 18 heavy (non-hydrogen) atoms. The van der Waals surface area contributed by atoms with Gasteiger partial charge in [-0.2, -0.15) is 0 Å². The highest BCUT2D eigenvalue weighted by Crippen LogP contribution is 2.33. The molecule has 1 aliphatic heterocycles. The summed E-state index contributed by atoms with van der Waals surface area (Å²) in [5.74, 6) is -1.13. The maximum atomic E-state index is 12.1. The first-order valence-electron chi connectivity index (χ1n) is 5.59. The van der Waals surface area contributed by atoms with Crippen LogP contribution in [0.1, 0.15) is 12.0 Å². The van der Waals surface area contributed by atoms with Gasteiger partial charge in [0, 0.05) is 7.05 Å². The molecule has 98 valence electrons. The van der Waals surface area contributed by atoms with Crippen molar-refractivity contribution in [2.45, 2.75) is 24.3 Å². The lowest BCUT2D eigenvalue weighted by atomic mass is 10.1. The van der Waals surface area contributed by atoms with Gasteiger partial charge >= 0.3 is 5.97 Å². The van der Waals surface area contributed by atoms with Gasteiger partial charge in [-0.1, -0.05) is 6.07 Å². The van der Waals surface area contributed by atoms with E-state index in [0.717, 1.165) is 5.56 Å². The Hall–Kier alpha value is -1.56. The lowest BCUT2D eigenvalue weighted by Gasteiger charge is -2.35. The van der Waals surface area contributed by atoms with Crippen LogP contribution in [0.15, 0.2) is 23.1 Å². The average Bonchev–Trinajstić information content (AvgIpc) is 2.24. The van der Waals surface area contributed by atoms with E-state index in [1.807, 2.05) is 6.92 Å². The summed E-state index contributed by atoms with van der Waals surface area (Å²) in [7, 11) is -1.65. The number of anilines is 1. The Morgan fingerprint density at radius 1 is 1.50 bits per heavy atom. The number of aliphatic carboxylic acids is 1. The van der Waals surface area contributed by atoms with Crippen LogP contribution in [0.5, 0.6) is 0 Å². The second-order valence-electron chi connectivity index (χ2n) is 4.62. The van der Waals surface area contributed by atoms with Gasteiger partial charge in [-0.15, -0.1) is 0 Å². The Kier molecular flexibility index (Phi) is 3.06. The van der Waals surface area contributed by atoms with Gasteiger partial charge in [0.2, 0.25) is 0 Å². The zero-order valence-electron chi connectivity index (χ0n) is 10.3. The molecule has 0 radical (unpaired) electrons. The van der Waals surface area contributed by atoms with Crippen molar-refractivity contribution < 1.29 is 18.3 Å². The molecule has 0 aliphatic carbocycles. The van der Waals surface area contributed by atoms with Gasteiger partial charge in [-0.25, -0.2) is 8.42 Å². The highest BCUT2D eigenvalue weighted by molar-refractivity contribution is 7.91. The van der Waals surface area contributed by atoms with Crippen LogP contribution in [0.3, 0.4) is 0 Å². The average molecular weight is 269 g/mol. The molecule has 0 amide bonds. The van der Waals surface area contributed by atoms with Gasteiger partial charge in [-0.3, -0.25) is 4.79 Å². The Labute approximate surface area is 106 Å². The standard InChI is InChI=1S/C12H15NO4S/c1-8-3-4-11-10(5-8)13(2)9(6-12(14)15)7-18(11,16)17/h3-5,9H,6-7H2,1-2H3,(H,14,15). The molecule has 0 saturated carbocycles. The molecular weight excluding hydrogens is 254 g/mol. The summed E-state index contributed by atoms with van der Waals surface area (Å²) in [5, 5.41) is 8.83. The number of fused-ring (bicyclic) bond motifs is 1. The van der Waals surface area contributed by atoms with Crippen LogP contribution in [0.2, 0.25) is 0 Å². The number of sulfone groups is 1. The number of aryl methyl sites for hydroxylation is 1. The molecule has 6 heteroatoms. The molecule has 2 rings (SSSR count). The molecule has 1 atom stereocenters. The fourth-order valence-electron chi connectivity index (χ4n) is 2.22. The summed E-state index contributed by atoms with van der Waals surface area (Å²) < 4.78 is 24.2. The maximum Gasteiger partial charge on any atom is 0.305 e. The number of carbonyl (C=O) groups is 1. The van der Waals surface area contributed by atoms with Crippen molar-refractivity contribution in [2.75, 3.05) is 17.7 Å². The Morgan fingerprint density at radius 2 is 2.17 bits per heavy atom. The van der Waals surface area contributed by atoms with E-state index in [1.165, 1.54) is 0 Å². The molecule has 0 saturated heterocycles. The lowest BCUT2D eigenvalue weighted by molar-refractivity contribution is -0.137. The van der Waals surface area contributed by atoms with Crippen molar-refractivity contribution >= 4 is 21.5 Å². The second-order valence-corrected chi connectivity index (χ2v) is 6.62. The Balaban J connectivity index is 2.52. The van der Waals surface area contributed by atoms with Gasteiger partial charge in [0.05, 0.1) is 28.8 Å². The molecule has 5 nitrogen and oxygen atoms in total. The van der Waals surface area contributed by atoms with Gasteiger partial charge < -0.3 is 10.0 Å². The molecule has 1 N–H and O–H groups in total. The molecular formula is C12H15NO4S. The van der Waals surface area contributed by atoms with Crippen LogP contribution in [0.25, 0.3) is 0 Å². The van der Waals surface area contributed by atoms with Crippen molar-refractivity contribution in [2.24, 2.45) is 0 Å². The molecule has 1 heterocycles. The first-order valence-corrected chi connectivity index (χ1v) is 7.24. The third-order valence-corrected chi connectivity index (χ3v) is 5.04. The van der Waals surface area contributed by atoms with Crippen LogP contribution in [0.4, 0.5) is 5.69 Å². The zero-order valence-corrected chi connectivity index (χ0v) is 11.1. The van der Waals surface area contributed by atoms with Crippen LogP contribution in [0, 0.1) is 6.92 Å². The number of carboxylic acid groups (broad SMARTS) is 1. The second kappa shape index (κ2) is 4.28. The maximum absolute atomic E-state index is 12.1. The minimum atomic E-state index is -3.39. The summed E-state index contributed by atoms with van der Waals surface area (Å²) in [5.41, 5.74) is 1.54. The van der Waals surface area contributed by atoms with Crippen LogP contribution in [-0.2, 0) is 14.6 Å². The third-order valence-electron chi connectivity index (χ3n) is 3.20. The number of carboxylic acids is 1. The Morgan fingerprint density at radius 3 is 2.78 bits per heavy atom. The van der Waals surface area contributed by atoms with Crippen LogP contribution >= 0.6 is 0 Å². The first-order chi connectivity index (χ1) is 8.31. The SMILES string of the molecule is Cc1ccc2c(c1)N(C)C(CC(=O)O)CS2(=O)=O. The summed E-state index contributed by atoms with van der Waals surface area (Å²) in [6, 6.07) is 4.61. The van der Waals surface area contributed by atoms with Crippen molar-refractivity contribution in [3.8, 4) is 0 Å². The molecule has 1 aromatic rings. The van der Waals surface area contributed by atoms with E-state index >= 15 is 0 Å². The fourth-order valence-corrected chi connectivity index (χ4v) is 4.04. The highest BCUT2D eigenvalue weighted by atomic mass is 32.2. The van der Waals surface area contributed by atoms with E-state index in [4.69, 9.17) is 5.11 Å². The summed E-state index contributed by atoms with van der Waals surface area (Å²) in [6.07, 6.45) is -0.177. The molecule has 0 bridgehead atoms. The monoisotopic (exact) mass is 269 g/mol. The number of hydrogen-bond donors (Lipinski definition) is 1. The summed E-state index contributed by atoms with van der Waals surface area (Å²) in [4.78, 5) is 12.8. The number of benzene rings is 1. The molecule has 0 aromatic heterocycles. The van der Waals surface area contributed by atoms with E-state index < -0.39 is 21.8 Å². The van der Waals surface area contributed by atoms with Gasteiger partial charge in [0.15, 0.2) is 9.84 Å². The smallest absolute Gasteiger partial charge is 0.305 e. The van der Waals surface area contributed by atoms with Gasteiger partial charge in [-0.05, 0) is 24.6 Å². The largest absolute Gasteiger partial charge is 0.481 e. The molecule has 1 aromatic carbocycles. The molecule has 0 spiro atoms. The first kappa shape index (κ1) is 12.9. The van der Waals surface area contributed by atoms with Crippen molar-refractivity contribution in [3.05, 3.63) is 23.8 Å². The molecule has 1 aliphatic rings.